The lowest BCUT2D eigenvalue weighted by atomic mass is 9.83. The van der Waals surface area contributed by atoms with Crippen LogP contribution in [0.2, 0.25) is 0 Å². The number of fused-ring (bicyclic) bond motifs is 5. The number of benzene rings is 1. The molecule has 0 spiro atoms. The Hall–Kier alpha value is -3.42. The van der Waals surface area contributed by atoms with Gasteiger partial charge in [0.05, 0.1) is 4.92 Å². The van der Waals surface area contributed by atoms with Crippen LogP contribution in [0.5, 0.6) is 0 Å². The molecule has 0 unspecified atom stereocenters. The lowest BCUT2D eigenvalue weighted by Crippen LogP contribution is -2.49. The molecule has 8 heteroatoms. The summed E-state index contributed by atoms with van der Waals surface area (Å²) in [7, 11) is 0. The quantitative estimate of drug-likeness (QED) is 0.479. The molecule has 5 rings (SSSR count). The summed E-state index contributed by atoms with van der Waals surface area (Å²) < 4.78 is 3.70. The summed E-state index contributed by atoms with van der Waals surface area (Å²) in [6.45, 7) is 5.69. The Balaban J connectivity index is 1.48. The fraction of sp³-hybridized carbons (Fsp3) is 0.391. The van der Waals surface area contributed by atoms with Gasteiger partial charge >= 0.3 is 11.2 Å². The maximum absolute atomic E-state index is 13.5. The van der Waals surface area contributed by atoms with E-state index in [1.807, 2.05) is 35.4 Å². The molecule has 2 bridgehead atoms. The number of aromatic nitrogens is 2. The largest absolute Gasteiger partial charge is 0.345 e. The van der Waals surface area contributed by atoms with Gasteiger partial charge in [0, 0.05) is 66.0 Å². The van der Waals surface area contributed by atoms with Gasteiger partial charge in [-0.1, -0.05) is 6.07 Å². The number of hydrogen-bond acceptors (Lipinski definition) is 4. The molecular weight excluding hydrogens is 396 g/mol. The second-order valence-corrected chi connectivity index (χ2v) is 8.88. The molecule has 1 aromatic carbocycles. The number of hydrogen-bond donors (Lipinski definition) is 0. The average Bonchev–Trinajstić information content (AvgIpc) is 3.18. The van der Waals surface area contributed by atoms with Crippen molar-refractivity contribution in [1.82, 2.24) is 14.0 Å². The number of carbonyl (C=O) groups is 1. The third-order valence-corrected chi connectivity index (χ3v) is 6.62. The molecule has 1 amide bonds. The fourth-order valence-electron chi connectivity index (χ4n) is 5.23. The van der Waals surface area contributed by atoms with Crippen molar-refractivity contribution < 1.29 is 9.72 Å². The highest BCUT2D eigenvalue weighted by Gasteiger charge is 2.38. The third kappa shape index (κ3) is 3.05. The molecule has 2 aliphatic heterocycles. The average molecular weight is 420 g/mol. The van der Waals surface area contributed by atoms with Crippen molar-refractivity contribution >= 4 is 22.5 Å². The van der Waals surface area contributed by atoms with Gasteiger partial charge in [-0.05, 0) is 50.5 Å². The zero-order valence-corrected chi connectivity index (χ0v) is 17.5. The Morgan fingerprint density at radius 2 is 1.94 bits per heavy atom. The van der Waals surface area contributed by atoms with Crippen molar-refractivity contribution in [3.8, 4) is 0 Å². The summed E-state index contributed by atoms with van der Waals surface area (Å²) in [5.41, 5.74) is 1.59. The maximum atomic E-state index is 13.5. The van der Waals surface area contributed by atoms with Crippen LogP contribution in [0.25, 0.3) is 10.9 Å². The van der Waals surface area contributed by atoms with Gasteiger partial charge in [0.25, 0.3) is 5.91 Å². The van der Waals surface area contributed by atoms with E-state index in [1.165, 1.54) is 6.07 Å². The summed E-state index contributed by atoms with van der Waals surface area (Å²) in [4.78, 5) is 38.5. The molecule has 0 radical (unpaired) electrons. The van der Waals surface area contributed by atoms with E-state index in [2.05, 4.69) is 18.4 Å². The molecule has 2 atom stereocenters. The Labute approximate surface area is 178 Å². The number of rotatable bonds is 3. The van der Waals surface area contributed by atoms with Crippen molar-refractivity contribution in [3.63, 3.8) is 0 Å². The van der Waals surface area contributed by atoms with Gasteiger partial charge in [0.15, 0.2) is 0 Å². The van der Waals surface area contributed by atoms with E-state index >= 15 is 0 Å². The van der Waals surface area contributed by atoms with Gasteiger partial charge in [-0.15, -0.1) is 0 Å². The predicted octanol–water partition coefficient (Wildman–Crippen LogP) is 3.55. The van der Waals surface area contributed by atoms with Gasteiger partial charge in [-0.25, -0.2) is 0 Å². The molecule has 31 heavy (non-hydrogen) atoms. The Morgan fingerprint density at radius 1 is 1.13 bits per heavy atom. The predicted molar refractivity (Wildman–Crippen MR) is 116 cm³/mol. The first kappa shape index (κ1) is 19.5. The number of carbonyl (C=O) groups excluding carboxylic acids is 1. The SMILES string of the molecule is CC(C)n1ccc2c(C(=O)N3C[C@H]4C[C@@H](C3)c3ccc([N+](=O)[O-])c(=O)n3C4)cccc21. The minimum Gasteiger partial charge on any atom is -0.345 e. The molecule has 1 saturated heterocycles. The van der Waals surface area contributed by atoms with Crippen LogP contribution in [0.1, 0.15) is 48.3 Å². The van der Waals surface area contributed by atoms with Gasteiger partial charge in [0.2, 0.25) is 0 Å². The Morgan fingerprint density at radius 3 is 2.68 bits per heavy atom. The van der Waals surface area contributed by atoms with Crippen molar-refractivity contribution in [2.75, 3.05) is 13.1 Å². The van der Waals surface area contributed by atoms with E-state index in [1.54, 1.807) is 10.6 Å². The van der Waals surface area contributed by atoms with Crippen molar-refractivity contribution in [1.29, 1.82) is 0 Å². The maximum Gasteiger partial charge on any atom is 0.334 e. The molecule has 1 fully saturated rings. The van der Waals surface area contributed by atoms with E-state index < -0.39 is 16.2 Å². The lowest BCUT2D eigenvalue weighted by Gasteiger charge is -2.42. The van der Waals surface area contributed by atoms with E-state index in [9.17, 15) is 19.7 Å². The zero-order valence-electron chi connectivity index (χ0n) is 17.5. The van der Waals surface area contributed by atoms with Crippen LogP contribution in [0.15, 0.2) is 47.4 Å². The van der Waals surface area contributed by atoms with Gasteiger partial charge in [0.1, 0.15) is 0 Å². The van der Waals surface area contributed by atoms with Crippen LogP contribution in [-0.2, 0) is 6.54 Å². The summed E-state index contributed by atoms with van der Waals surface area (Å²) in [5.74, 6) is 0.110. The third-order valence-electron chi connectivity index (χ3n) is 6.62. The Bertz CT molecular complexity index is 1270. The molecule has 2 aromatic heterocycles. The van der Waals surface area contributed by atoms with Crippen LogP contribution >= 0.6 is 0 Å². The number of nitro groups is 1. The van der Waals surface area contributed by atoms with Crippen LogP contribution in [0.3, 0.4) is 0 Å². The van der Waals surface area contributed by atoms with Crippen LogP contribution in [-0.4, -0.2) is 38.0 Å². The summed E-state index contributed by atoms with van der Waals surface area (Å²) in [5, 5.41) is 12.1. The van der Waals surface area contributed by atoms with E-state index in [0.717, 1.165) is 23.0 Å². The van der Waals surface area contributed by atoms with E-state index in [0.29, 0.717) is 31.2 Å². The number of nitrogens with zero attached hydrogens (tertiary/aromatic N) is 4. The highest BCUT2D eigenvalue weighted by molar-refractivity contribution is 6.06. The highest BCUT2D eigenvalue weighted by atomic mass is 16.6. The smallest absolute Gasteiger partial charge is 0.334 e. The number of pyridine rings is 1. The molecule has 0 saturated carbocycles. The number of piperidine rings is 1. The molecule has 2 aliphatic rings. The van der Waals surface area contributed by atoms with Crippen molar-refractivity contribution in [2.45, 2.75) is 38.8 Å². The lowest BCUT2D eigenvalue weighted by molar-refractivity contribution is -0.386. The molecule has 4 heterocycles. The second kappa shape index (κ2) is 7.08. The summed E-state index contributed by atoms with van der Waals surface area (Å²) in [6, 6.07) is 11.1. The first-order valence-corrected chi connectivity index (χ1v) is 10.6. The highest BCUT2D eigenvalue weighted by Crippen LogP contribution is 2.36. The monoisotopic (exact) mass is 420 g/mol. The second-order valence-electron chi connectivity index (χ2n) is 8.88. The molecule has 8 nitrogen and oxygen atoms in total. The summed E-state index contributed by atoms with van der Waals surface area (Å²) >= 11 is 0. The van der Waals surface area contributed by atoms with Crippen LogP contribution in [0, 0.1) is 16.0 Å². The van der Waals surface area contributed by atoms with Crippen molar-refractivity contribution in [2.24, 2.45) is 5.92 Å². The van der Waals surface area contributed by atoms with Crippen LogP contribution in [0.4, 0.5) is 5.69 Å². The molecular formula is C23H24N4O4. The first-order valence-electron chi connectivity index (χ1n) is 10.6. The fourth-order valence-corrected chi connectivity index (χ4v) is 5.23. The minimum atomic E-state index is -0.625. The van der Waals surface area contributed by atoms with Crippen LogP contribution < -0.4 is 5.56 Å². The minimum absolute atomic E-state index is 0.000449. The topological polar surface area (TPSA) is 90.4 Å². The number of amides is 1. The molecule has 3 aromatic rings. The van der Waals surface area contributed by atoms with Gasteiger partial charge in [-0.2, -0.15) is 0 Å². The standard InChI is InChI=1S/C23H24N4O4/c1-14(2)25-9-8-17-18(4-3-5-20(17)25)22(28)24-11-15-10-16(13-24)19-6-7-21(27(30)31)23(29)26(19)12-15/h3-9,14-16H,10-13H2,1-2H3/t15-,16+/m1/s1. The number of likely N-dealkylation sites (tertiary alicyclic amines) is 1. The molecule has 0 N–H and O–H groups in total. The first-order chi connectivity index (χ1) is 14.8. The van der Waals surface area contributed by atoms with E-state index in [4.69, 9.17) is 0 Å². The van der Waals surface area contributed by atoms with Crippen molar-refractivity contribution in [3.05, 3.63) is 74.3 Å². The van der Waals surface area contributed by atoms with E-state index in [-0.39, 0.29) is 17.7 Å². The summed E-state index contributed by atoms with van der Waals surface area (Å²) in [6.07, 6.45) is 2.90. The molecule has 0 aliphatic carbocycles. The van der Waals surface area contributed by atoms with Gasteiger partial charge < -0.3 is 14.0 Å². The van der Waals surface area contributed by atoms with Gasteiger partial charge in [-0.3, -0.25) is 19.7 Å². The zero-order chi connectivity index (χ0) is 21.9. The molecule has 160 valence electrons. The Kier molecular flexibility index (Phi) is 4.46. The normalized spacial score (nSPS) is 20.2.